The number of amidine groups is 1. The number of nitrogens with zero attached hydrogens (tertiary/aromatic N) is 2. The average molecular weight is 605 g/mol. The van der Waals surface area contributed by atoms with Crippen molar-refractivity contribution in [2.24, 2.45) is 16.6 Å². The minimum absolute atomic E-state index is 0. The largest absolute Gasteiger partial charge is 0.490 e. The van der Waals surface area contributed by atoms with Crippen molar-refractivity contribution in [3.8, 4) is 5.75 Å². The van der Waals surface area contributed by atoms with Crippen LogP contribution in [-0.2, 0) is 19.1 Å². The lowest BCUT2D eigenvalue weighted by molar-refractivity contribution is -0.163. The molecule has 0 aliphatic carbocycles. The molecule has 1 unspecified atom stereocenters. The molecule has 10 nitrogen and oxygen atoms in total. The SMILES string of the molecule is C.CC(C)(C)OC(=O)N1CCCC(N=C(N)c2ccc(OC[C@H](ON)C(=O)OC(c3ccccc3)c3ccccc3)cc2)C1. The van der Waals surface area contributed by atoms with Crippen molar-refractivity contribution in [1.29, 1.82) is 0 Å². The van der Waals surface area contributed by atoms with E-state index >= 15 is 0 Å². The van der Waals surface area contributed by atoms with Crippen molar-refractivity contribution >= 4 is 17.9 Å². The lowest BCUT2D eigenvalue weighted by Gasteiger charge is -2.32. The highest BCUT2D eigenvalue weighted by atomic mass is 16.7. The number of likely N-dealkylation sites (tertiary alicyclic amines) is 1. The van der Waals surface area contributed by atoms with Crippen LogP contribution in [0.5, 0.6) is 5.75 Å². The number of ether oxygens (including phenoxy) is 3. The Bertz CT molecular complexity index is 1320. The van der Waals surface area contributed by atoms with Crippen LogP contribution in [0.25, 0.3) is 0 Å². The van der Waals surface area contributed by atoms with Crippen molar-refractivity contribution < 1.29 is 28.6 Å². The lowest BCUT2D eigenvalue weighted by atomic mass is 10.0. The topological polar surface area (TPSA) is 139 Å². The van der Waals surface area contributed by atoms with E-state index in [2.05, 4.69) is 4.99 Å². The second-order valence-electron chi connectivity index (χ2n) is 11.3. The first-order valence-electron chi connectivity index (χ1n) is 14.3. The van der Waals surface area contributed by atoms with Crippen LogP contribution in [0.2, 0.25) is 0 Å². The van der Waals surface area contributed by atoms with E-state index in [1.54, 1.807) is 29.2 Å². The Morgan fingerprint density at radius 3 is 2.09 bits per heavy atom. The third-order valence-electron chi connectivity index (χ3n) is 6.79. The molecule has 10 heteroatoms. The zero-order chi connectivity index (χ0) is 30.8. The van der Waals surface area contributed by atoms with E-state index in [0.29, 0.717) is 30.2 Å². The third-order valence-corrected chi connectivity index (χ3v) is 6.79. The molecule has 1 aliphatic rings. The third kappa shape index (κ3) is 9.82. The molecule has 0 saturated carbocycles. The fourth-order valence-electron chi connectivity index (χ4n) is 4.66. The van der Waals surface area contributed by atoms with Gasteiger partial charge in [0, 0.05) is 18.7 Å². The van der Waals surface area contributed by atoms with Crippen molar-refractivity contribution in [1.82, 2.24) is 4.90 Å². The molecule has 3 aromatic rings. The van der Waals surface area contributed by atoms with Crippen molar-refractivity contribution in [2.75, 3.05) is 19.7 Å². The lowest BCUT2D eigenvalue weighted by Crippen LogP contribution is -2.44. The van der Waals surface area contributed by atoms with Crippen LogP contribution in [-0.4, -0.2) is 60.2 Å². The molecule has 44 heavy (non-hydrogen) atoms. The van der Waals surface area contributed by atoms with Crippen molar-refractivity contribution in [3.05, 3.63) is 102 Å². The Kier molecular flexibility index (Phi) is 12.3. The Labute approximate surface area is 259 Å². The first-order valence-corrected chi connectivity index (χ1v) is 14.3. The molecule has 4 N–H and O–H groups in total. The highest BCUT2D eigenvalue weighted by molar-refractivity contribution is 5.97. The molecule has 1 saturated heterocycles. The quantitative estimate of drug-likeness (QED) is 0.136. The summed E-state index contributed by atoms with van der Waals surface area (Å²) in [5.41, 5.74) is 8.09. The van der Waals surface area contributed by atoms with E-state index in [1.807, 2.05) is 81.4 Å². The molecule has 1 heterocycles. The van der Waals surface area contributed by atoms with Gasteiger partial charge < -0.3 is 24.8 Å². The second kappa shape index (κ2) is 15.9. The number of esters is 1. The monoisotopic (exact) mass is 604 g/mol. The van der Waals surface area contributed by atoms with Crippen LogP contribution in [0.4, 0.5) is 4.79 Å². The van der Waals surface area contributed by atoms with Gasteiger partial charge in [-0.25, -0.2) is 15.5 Å². The Morgan fingerprint density at radius 1 is 0.955 bits per heavy atom. The maximum absolute atomic E-state index is 13.0. The molecule has 4 rings (SSSR count). The number of nitrogens with two attached hydrogens (primary N) is 2. The van der Waals surface area contributed by atoms with Gasteiger partial charge in [-0.2, -0.15) is 0 Å². The highest BCUT2D eigenvalue weighted by Gasteiger charge is 2.28. The highest BCUT2D eigenvalue weighted by Crippen LogP contribution is 2.27. The van der Waals surface area contributed by atoms with E-state index in [4.69, 9.17) is 30.7 Å². The minimum atomic E-state index is -1.15. The summed E-state index contributed by atoms with van der Waals surface area (Å²) in [5.74, 6) is 5.66. The fourth-order valence-corrected chi connectivity index (χ4v) is 4.66. The molecule has 1 fully saturated rings. The molecule has 2 atom stereocenters. The average Bonchev–Trinajstić information content (AvgIpc) is 3.00. The maximum atomic E-state index is 13.0. The minimum Gasteiger partial charge on any atom is -0.490 e. The number of hydrogen-bond acceptors (Lipinski definition) is 8. The maximum Gasteiger partial charge on any atom is 0.410 e. The van der Waals surface area contributed by atoms with Crippen LogP contribution in [0.3, 0.4) is 0 Å². The van der Waals surface area contributed by atoms with Crippen LogP contribution in [0.1, 0.15) is 63.8 Å². The summed E-state index contributed by atoms with van der Waals surface area (Å²) in [6.07, 6.45) is -0.480. The zero-order valence-corrected chi connectivity index (χ0v) is 24.8. The first-order chi connectivity index (χ1) is 20.6. The summed E-state index contributed by atoms with van der Waals surface area (Å²) in [6.45, 7) is 6.46. The van der Waals surface area contributed by atoms with Gasteiger partial charge in [0.05, 0.1) is 6.04 Å². The number of benzene rings is 3. The molecule has 0 radical (unpaired) electrons. The molecule has 0 aromatic heterocycles. The second-order valence-corrected chi connectivity index (χ2v) is 11.3. The molecule has 0 spiro atoms. The number of rotatable bonds is 10. The van der Waals surface area contributed by atoms with Gasteiger partial charge in [-0.1, -0.05) is 68.1 Å². The van der Waals surface area contributed by atoms with Crippen molar-refractivity contribution in [2.45, 2.75) is 64.9 Å². The van der Waals surface area contributed by atoms with E-state index in [0.717, 1.165) is 24.0 Å². The number of aliphatic imine (C=N–C) groups is 1. The fraction of sp³-hybridized carbons (Fsp3) is 0.382. The van der Waals surface area contributed by atoms with Gasteiger partial charge in [0.25, 0.3) is 0 Å². The summed E-state index contributed by atoms with van der Waals surface area (Å²) in [5, 5.41) is 0. The predicted octanol–water partition coefficient (Wildman–Crippen LogP) is 5.40. The number of carbonyl (C=O) groups is 2. The van der Waals surface area contributed by atoms with Gasteiger partial charge in [-0.15, -0.1) is 0 Å². The molecule has 3 aromatic carbocycles. The van der Waals surface area contributed by atoms with Gasteiger partial charge in [0.2, 0.25) is 6.10 Å². The molecule has 236 valence electrons. The Balaban J connectivity index is 0.00000529. The summed E-state index contributed by atoms with van der Waals surface area (Å²) in [4.78, 5) is 36.8. The summed E-state index contributed by atoms with van der Waals surface area (Å²) < 4.78 is 17.1. The first kappa shape index (κ1) is 34.1. The van der Waals surface area contributed by atoms with Crippen LogP contribution < -0.4 is 16.4 Å². The van der Waals surface area contributed by atoms with E-state index in [-0.39, 0.29) is 26.2 Å². The Hall–Kier alpha value is -4.41. The number of piperidine rings is 1. The molecular weight excluding hydrogens is 560 g/mol. The summed E-state index contributed by atoms with van der Waals surface area (Å²) in [6, 6.07) is 25.8. The normalized spacial score (nSPS) is 16.1. The zero-order valence-electron chi connectivity index (χ0n) is 24.8. The van der Waals surface area contributed by atoms with Gasteiger partial charge in [-0.3, -0.25) is 9.83 Å². The Morgan fingerprint density at radius 2 is 1.55 bits per heavy atom. The summed E-state index contributed by atoms with van der Waals surface area (Å²) >= 11 is 0. The van der Waals surface area contributed by atoms with Gasteiger partial charge >= 0.3 is 12.1 Å². The van der Waals surface area contributed by atoms with E-state index in [9.17, 15) is 9.59 Å². The predicted molar refractivity (Wildman–Crippen MR) is 170 cm³/mol. The molecule has 0 bridgehead atoms. The van der Waals surface area contributed by atoms with E-state index < -0.39 is 23.8 Å². The molecular formula is C34H44N4O6. The molecule has 1 aliphatic heterocycles. The molecule has 1 amide bonds. The number of amides is 1. The van der Waals surface area contributed by atoms with Crippen LogP contribution in [0.15, 0.2) is 89.9 Å². The smallest absolute Gasteiger partial charge is 0.410 e. The van der Waals surface area contributed by atoms with Crippen LogP contribution >= 0.6 is 0 Å². The van der Waals surface area contributed by atoms with Gasteiger partial charge in [0.1, 0.15) is 23.8 Å². The van der Waals surface area contributed by atoms with E-state index in [1.165, 1.54) is 0 Å². The van der Waals surface area contributed by atoms with Gasteiger partial charge in [-0.05, 0) is 69.0 Å². The number of hydrogen-bond donors (Lipinski definition) is 2. The van der Waals surface area contributed by atoms with Gasteiger partial charge in [0.15, 0.2) is 6.10 Å². The number of carbonyl (C=O) groups excluding carboxylic acids is 2. The standard InChI is InChI=1S/C33H40N4O6.CH4/c1-33(2,3)42-32(39)37-20-10-15-26(21-37)36-30(34)25-16-18-27(19-17-25)40-22-28(43-35)31(38)41-29(23-11-6-4-7-12-23)24-13-8-5-9-14-24;/h4-9,11-14,16-19,26,28-29H,10,15,20-22,35H2,1-3H3,(H2,34,36);1H4/t26?,28-;/m0./s1. The van der Waals surface area contributed by atoms with Crippen LogP contribution in [0, 0.1) is 0 Å². The van der Waals surface area contributed by atoms with Crippen molar-refractivity contribution in [3.63, 3.8) is 0 Å². The summed E-state index contributed by atoms with van der Waals surface area (Å²) in [7, 11) is 0.